The summed E-state index contributed by atoms with van der Waals surface area (Å²) in [5.74, 6) is -0.724. The molecule has 0 radical (unpaired) electrons. The number of aromatic hydroxyl groups is 1. The van der Waals surface area contributed by atoms with E-state index >= 15 is 0 Å². The molecule has 2 N–H and O–H groups in total. The lowest BCUT2D eigenvalue weighted by atomic mass is 10.0. The molecular formula is C29H27N3O3. The molecule has 1 amide bonds. The second-order valence-electron chi connectivity index (χ2n) is 8.88. The quantitative estimate of drug-likeness (QED) is 0.226. The number of Topliss-reactive ketones (excluding diaryl/α,β-unsaturated/α-hetero) is 1. The highest BCUT2D eigenvalue weighted by molar-refractivity contribution is 6.12. The van der Waals surface area contributed by atoms with Crippen molar-refractivity contribution >= 4 is 39.5 Å². The van der Waals surface area contributed by atoms with E-state index in [1.165, 1.54) is 0 Å². The average Bonchev–Trinajstić information content (AvgIpc) is 2.84. The van der Waals surface area contributed by atoms with Crippen LogP contribution in [-0.4, -0.2) is 16.8 Å². The summed E-state index contributed by atoms with van der Waals surface area (Å²) >= 11 is 0. The van der Waals surface area contributed by atoms with E-state index in [0.717, 1.165) is 16.5 Å². The van der Waals surface area contributed by atoms with Crippen LogP contribution >= 0.6 is 0 Å². The van der Waals surface area contributed by atoms with Crippen LogP contribution < -0.4 is 5.32 Å². The molecule has 0 saturated heterocycles. The zero-order valence-electron chi connectivity index (χ0n) is 20.2. The maximum atomic E-state index is 13.1. The lowest BCUT2D eigenvalue weighted by molar-refractivity contribution is 0.0938. The summed E-state index contributed by atoms with van der Waals surface area (Å²) in [7, 11) is 0. The van der Waals surface area contributed by atoms with E-state index in [0.29, 0.717) is 22.3 Å². The summed E-state index contributed by atoms with van der Waals surface area (Å²) in [6, 6.07) is 21.6. The van der Waals surface area contributed by atoms with Gasteiger partial charge in [-0.3, -0.25) is 9.59 Å². The van der Waals surface area contributed by atoms with Gasteiger partial charge in [0, 0.05) is 22.6 Å². The van der Waals surface area contributed by atoms with Gasteiger partial charge in [-0.05, 0) is 61.2 Å². The monoisotopic (exact) mass is 465 g/mol. The molecule has 0 aliphatic rings. The maximum absolute atomic E-state index is 13.1. The molecule has 4 aromatic rings. The molecule has 0 saturated carbocycles. The number of amides is 1. The van der Waals surface area contributed by atoms with Gasteiger partial charge in [-0.25, -0.2) is 0 Å². The molecule has 176 valence electrons. The van der Waals surface area contributed by atoms with Gasteiger partial charge in [-0.15, -0.1) is 5.11 Å². The highest BCUT2D eigenvalue weighted by atomic mass is 16.3. The van der Waals surface area contributed by atoms with E-state index in [-0.39, 0.29) is 28.7 Å². The molecule has 35 heavy (non-hydrogen) atoms. The Morgan fingerprint density at radius 3 is 2.29 bits per heavy atom. The molecule has 6 nitrogen and oxygen atoms in total. The molecule has 4 aromatic carbocycles. The second-order valence-corrected chi connectivity index (χ2v) is 8.88. The Labute approximate surface area is 204 Å². The number of nitrogens with one attached hydrogen (secondary N) is 1. The first-order valence-electron chi connectivity index (χ1n) is 11.4. The highest BCUT2D eigenvalue weighted by Gasteiger charge is 2.19. The Balaban J connectivity index is 1.70. The Hall–Kier alpha value is -4.32. The van der Waals surface area contributed by atoms with Gasteiger partial charge >= 0.3 is 0 Å². The van der Waals surface area contributed by atoms with Gasteiger partial charge in [0.15, 0.2) is 11.5 Å². The number of hydrogen-bond donors (Lipinski definition) is 2. The molecule has 0 fully saturated rings. The second kappa shape index (κ2) is 9.89. The van der Waals surface area contributed by atoms with Crippen molar-refractivity contribution in [3.8, 4) is 5.75 Å². The number of azo groups is 1. The third kappa shape index (κ3) is 5.11. The molecule has 0 heterocycles. The van der Waals surface area contributed by atoms with Gasteiger partial charge in [-0.2, -0.15) is 5.11 Å². The minimum atomic E-state index is -0.437. The van der Waals surface area contributed by atoms with E-state index in [9.17, 15) is 14.7 Å². The molecule has 0 aliphatic heterocycles. The fourth-order valence-electron chi connectivity index (χ4n) is 3.87. The maximum Gasteiger partial charge on any atom is 0.259 e. The number of phenolic OH excluding ortho intramolecular Hbond substituents is 1. The van der Waals surface area contributed by atoms with E-state index in [2.05, 4.69) is 15.5 Å². The largest absolute Gasteiger partial charge is 0.505 e. The van der Waals surface area contributed by atoms with E-state index in [4.69, 9.17) is 0 Å². The van der Waals surface area contributed by atoms with Gasteiger partial charge < -0.3 is 10.4 Å². The predicted molar refractivity (Wildman–Crippen MR) is 139 cm³/mol. The average molecular weight is 466 g/mol. The predicted octanol–water partition coefficient (Wildman–Crippen LogP) is 7.67. The summed E-state index contributed by atoms with van der Waals surface area (Å²) in [5, 5.41) is 23.9. The summed E-state index contributed by atoms with van der Waals surface area (Å²) in [6.07, 6.45) is 0. The molecule has 0 bridgehead atoms. The van der Waals surface area contributed by atoms with Crippen LogP contribution in [0.4, 0.5) is 17.1 Å². The van der Waals surface area contributed by atoms with Crippen LogP contribution in [0.5, 0.6) is 5.75 Å². The molecule has 4 rings (SSSR count). The number of anilines is 1. The molecule has 0 spiro atoms. The summed E-state index contributed by atoms with van der Waals surface area (Å²) in [6.45, 7) is 7.61. The Bertz CT molecular complexity index is 1450. The first-order valence-corrected chi connectivity index (χ1v) is 11.4. The topological polar surface area (TPSA) is 91.1 Å². The lowest BCUT2D eigenvalue weighted by Gasteiger charge is -2.13. The first kappa shape index (κ1) is 23.8. The summed E-state index contributed by atoms with van der Waals surface area (Å²) in [5.41, 5.74) is 4.15. The third-order valence-electron chi connectivity index (χ3n) is 5.81. The van der Waals surface area contributed by atoms with Gasteiger partial charge in [0.05, 0.1) is 11.3 Å². The van der Waals surface area contributed by atoms with Crippen molar-refractivity contribution in [2.75, 3.05) is 5.32 Å². The SMILES string of the molecule is Cc1ccc(NC(=O)c2cc3ccccc3c(/N=N/c3ccc(C(=O)C(C)C)cc3)c2O)c(C)c1. The minimum Gasteiger partial charge on any atom is -0.505 e. The zero-order chi connectivity index (χ0) is 25.1. The normalized spacial score (nSPS) is 11.3. The first-order chi connectivity index (χ1) is 16.7. The number of aryl methyl sites for hydroxylation is 2. The summed E-state index contributed by atoms with van der Waals surface area (Å²) < 4.78 is 0. The minimum absolute atomic E-state index is 0.0552. The fourth-order valence-corrected chi connectivity index (χ4v) is 3.87. The van der Waals surface area contributed by atoms with Crippen LogP contribution in [0.3, 0.4) is 0 Å². The van der Waals surface area contributed by atoms with E-state index in [1.54, 1.807) is 30.3 Å². The van der Waals surface area contributed by atoms with Crippen LogP contribution in [0.15, 0.2) is 83.0 Å². The number of ketones is 1. The van der Waals surface area contributed by atoms with Crippen LogP contribution in [0, 0.1) is 19.8 Å². The molecule has 0 unspecified atom stereocenters. The van der Waals surface area contributed by atoms with Crippen molar-refractivity contribution in [1.29, 1.82) is 0 Å². The number of fused-ring (bicyclic) bond motifs is 1. The number of rotatable bonds is 6. The van der Waals surface area contributed by atoms with Crippen molar-refractivity contribution in [2.45, 2.75) is 27.7 Å². The Morgan fingerprint density at radius 1 is 0.886 bits per heavy atom. The van der Waals surface area contributed by atoms with E-state index < -0.39 is 5.91 Å². The molecule has 0 aromatic heterocycles. The smallest absolute Gasteiger partial charge is 0.259 e. The van der Waals surface area contributed by atoms with Gasteiger partial charge in [-0.1, -0.05) is 55.8 Å². The number of carbonyl (C=O) groups is 2. The zero-order valence-corrected chi connectivity index (χ0v) is 20.2. The molecule has 6 heteroatoms. The fraction of sp³-hybridized carbons (Fsp3) is 0.172. The molecule has 0 aliphatic carbocycles. The van der Waals surface area contributed by atoms with Crippen molar-refractivity contribution in [3.63, 3.8) is 0 Å². The van der Waals surface area contributed by atoms with Crippen LogP contribution in [0.25, 0.3) is 10.8 Å². The molecular weight excluding hydrogens is 438 g/mol. The van der Waals surface area contributed by atoms with Crippen molar-refractivity contribution < 1.29 is 14.7 Å². The van der Waals surface area contributed by atoms with Crippen LogP contribution in [-0.2, 0) is 0 Å². The highest BCUT2D eigenvalue weighted by Crippen LogP contribution is 2.39. The van der Waals surface area contributed by atoms with Crippen LogP contribution in [0.2, 0.25) is 0 Å². The van der Waals surface area contributed by atoms with E-state index in [1.807, 2.05) is 70.2 Å². The summed E-state index contributed by atoms with van der Waals surface area (Å²) in [4.78, 5) is 25.3. The third-order valence-corrected chi connectivity index (χ3v) is 5.81. The number of benzene rings is 4. The number of nitrogens with zero attached hydrogens (tertiary/aromatic N) is 2. The number of phenols is 1. The van der Waals surface area contributed by atoms with Gasteiger partial charge in [0.1, 0.15) is 5.69 Å². The van der Waals surface area contributed by atoms with Gasteiger partial charge in [0.2, 0.25) is 0 Å². The standard InChI is InChI=1S/C29H27N3O3/c1-17(2)27(33)20-10-12-22(13-11-20)31-32-26-23-8-6-5-7-21(23)16-24(28(26)34)29(35)30-25-14-9-18(3)15-19(25)4/h5-17,34H,1-4H3,(H,30,35)/b32-31+. The Morgan fingerprint density at radius 2 is 1.60 bits per heavy atom. The van der Waals surface area contributed by atoms with Crippen molar-refractivity contribution in [3.05, 3.63) is 95.1 Å². The van der Waals surface area contributed by atoms with Crippen LogP contribution in [0.1, 0.15) is 45.7 Å². The Kier molecular flexibility index (Phi) is 6.73. The number of carbonyl (C=O) groups excluding carboxylic acids is 2. The number of hydrogen-bond acceptors (Lipinski definition) is 5. The van der Waals surface area contributed by atoms with Crippen molar-refractivity contribution in [1.82, 2.24) is 0 Å². The lowest BCUT2D eigenvalue weighted by Crippen LogP contribution is -2.13. The van der Waals surface area contributed by atoms with Gasteiger partial charge in [0.25, 0.3) is 5.91 Å². The molecule has 0 atom stereocenters. The van der Waals surface area contributed by atoms with Crippen molar-refractivity contribution in [2.24, 2.45) is 16.1 Å².